The predicted octanol–water partition coefficient (Wildman–Crippen LogP) is 1.48. The fourth-order valence-electron chi connectivity index (χ4n) is 1.52. The number of benzene rings is 1. The van der Waals surface area contributed by atoms with Gasteiger partial charge in [0.15, 0.2) is 5.78 Å². The molecule has 1 atom stereocenters. The van der Waals surface area contributed by atoms with Gasteiger partial charge in [0.25, 0.3) is 0 Å². The van der Waals surface area contributed by atoms with Gasteiger partial charge in [0.1, 0.15) is 0 Å². The molecule has 6 heteroatoms. The summed E-state index contributed by atoms with van der Waals surface area (Å²) in [6, 6.07) is 6.54. The van der Waals surface area contributed by atoms with Gasteiger partial charge in [-0.1, -0.05) is 0 Å². The van der Waals surface area contributed by atoms with Crippen molar-refractivity contribution in [3.8, 4) is 0 Å². The number of nitrogens with one attached hydrogen (secondary N) is 1. The zero-order chi connectivity index (χ0) is 14.4. The highest BCUT2D eigenvalue weighted by molar-refractivity contribution is 5.94. The molecule has 1 rings (SSSR count). The van der Waals surface area contributed by atoms with Gasteiger partial charge in [-0.15, -0.1) is 0 Å². The quantitative estimate of drug-likeness (QED) is 0.645. The van der Waals surface area contributed by atoms with Gasteiger partial charge in [-0.3, -0.25) is 14.4 Å². The van der Waals surface area contributed by atoms with Crippen LogP contribution in [0.25, 0.3) is 0 Å². The zero-order valence-electron chi connectivity index (χ0n) is 10.4. The number of aliphatic carboxylic acids is 2. The molecule has 0 fully saturated rings. The minimum absolute atomic E-state index is 0.0149. The first-order valence-electron chi connectivity index (χ1n) is 5.69. The summed E-state index contributed by atoms with van der Waals surface area (Å²) < 4.78 is 0. The van der Waals surface area contributed by atoms with Gasteiger partial charge in [0, 0.05) is 17.8 Å². The van der Waals surface area contributed by atoms with Gasteiger partial charge in [-0.05, 0) is 31.2 Å². The summed E-state index contributed by atoms with van der Waals surface area (Å²) in [5, 5.41) is 20.3. The zero-order valence-corrected chi connectivity index (χ0v) is 10.4. The monoisotopic (exact) mass is 265 g/mol. The molecule has 0 bridgehead atoms. The van der Waals surface area contributed by atoms with E-state index in [4.69, 9.17) is 10.2 Å². The summed E-state index contributed by atoms with van der Waals surface area (Å²) in [5.74, 6) is -3.36. The molecular formula is C13H15NO5. The second-order valence-corrected chi connectivity index (χ2v) is 4.15. The van der Waals surface area contributed by atoms with E-state index in [0.29, 0.717) is 11.3 Å². The van der Waals surface area contributed by atoms with E-state index in [1.165, 1.54) is 6.92 Å². The molecular weight excluding hydrogens is 250 g/mol. The summed E-state index contributed by atoms with van der Waals surface area (Å²) in [6.45, 7) is 1.47. The van der Waals surface area contributed by atoms with Crippen LogP contribution in [0.15, 0.2) is 24.3 Å². The van der Waals surface area contributed by atoms with Gasteiger partial charge in [-0.2, -0.15) is 0 Å². The number of carboxylic acids is 2. The summed E-state index contributed by atoms with van der Waals surface area (Å²) in [4.78, 5) is 32.4. The van der Waals surface area contributed by atoms with Crippen LogP contribution in [0.1, 0.15) is 23.7 Å². The molecule has 0 aliphatic carbocycles. The Bertz CT molecular complexity index is 480. The van der Waals surface area contributed by atoms with E-state index in [9.17, 15) is 14.4 Å². The molecule has 0 amide bonds. The van der Waals surface area contributed by atoms with Crippen LogP contribution in [0.2, 0.25) is 0 Å². The van der Waals surface area contributed by atoms with Crippen LogP contribution in [0.4, 0.5) is 5.69 Å². The Morgan fingerprint density at radius 1 is 1.16 bits per heavy atom. The summed E-state index contributed by atoms with van der Waals surface area (Å²) in [6.07, 6.45) is -0.437. The van der Waals surface area contributed by atoms with Crippen molar-refractivity contribution in [2.75, 3.05) is 11.9 Å². The Morgan fingerprint density at radius 3 is 2.16 bits per heavy atom. The Morgan fingerprint density at radius 2 is 1.74 bits per heavy atom. The Kier molecular flexibility index (Phi) is 5.05. The molecule has 0 aliphatic rings. The Labute approximate surface area is 110 Å². The third kappa shape index (κ3) is 4.79. The maximum Gasteiger partial charge on any atom is 0.308 e. The molecule has 0 saturated heterocycles. The van der Waals surface area contributed by atoms with Crippen molar-refractivity contribution in [3.63, 3.8) is 0 Å². The number of carbonyl (C=O) groups excluding carboxylic acids is 1. The fourth-order valence-corrected chi connectivity index (χ4v) is 1.52. The molecule has 0 radical (unpaired) electrons. The molecule has 0 heterocycles. The third-order valence-corrected chi connectivity index (χ3v) is 2.61. The van der Waals surface area contributed by atoms with Crippen molar-refractivity contribution in [1.82, 2.24) is 0 Å². The lowest BCUT2D eigenvalue weighted by Crippen LogP contribution is -2.25. The number of hydrogen-bond acceptors (Lipinski definition) is 4. The van der Waals surface area contributed by atoms with E-state index >= 15 is 0 Å². The first kappa shape index (κ1) is 14.7. The molecule has 19 heavy (non-hydrogen) atoms. The largest absolute Gasteiger partial charge is 0.481 e. The predicted molar refractivity (Wildman–Crippen MR) is 68.3 cm³/mol. The molecule has 3 N–H and O–H groups in total. The maximum absolute atomic E-state index is 11.1. The maximum atomic E-state index is 11.1. The molecule has 6 nitrogen and oxygen atoms in total. The Balaban J connectivity index is 2.61. The lowest BCUT2D eigenvalue weighted by Gasteiger charge is -2.12. The molecule has 102 valence electrons. The van der Waals surface area contributed by atoms with Gasteiger partial charge in [-0.25, -0.2) is 0 Å². The van der Waals surface area contributed by atoms with E-state index in [1.54, 1.807) is 24.3 Å². The van der Waals surface area contributed by atoms with Crippen LogP contribution in [0, 0.1) is 5.92 Å². The lowest BCUT2D eigenvalue weighted by atomic mass is 10.1. The molecule has 1 unspecified atom stereocenters. The van der Waals surface area contributed by atoms with Crippen LogP contribution in [-0.2, 0) is 9.59 Å². The van der Waals surface area contributed by atoms with Gasteiger partial charge >= 0.3 is 11.9 Å². The van der Waals surface area contributed by atoms with Crippen molar-refractivity contribution < 1.29 is 24.6 Å². The number of carbonyl (C=O) groups is 3. The SMILES string of the molecule is CC(=O)c1ccc(NCC(CC(=O)O)C(=O)O)cc1. The third-order valence-electron chi connectivity index (χ3n) is 2.61. The lowest BCUT2D eigenvalue weighted by molar-refractivity contribution is -0.147. The molecule has 1 aromatic carbocycles. The van der Waals surface area contributed by atoms with Crippen molar-refractivity contribution >= 4 is 23.4 Å². The average molecular weight is 265 g/mol. The summed E-state index contributed by atoms with van der Waals surface area (Å²) >= 11 is 0. The van der Waals surface area contributed by atoms with Crippen molar-refractivity contribution in [3.05, 3.63) is 29.8 Å². The smallest absolute Gasteiger partial charge is 0.308 e. The summed E-state index contributed by atoms with van der Waals surface area (Å²) in [5.41, 5.74) is 1.20. The molecule has 0 aliphatic heterocycles. The number of rotatable bonds is 7. The first-order chi connectivity index (χ1) is 8.90. The Hall–Kier alpha value is -2.37. The molecule has 0 spiro atoms. The van der Waals surface area contributed by atoms with E-state index < -0.39 is 24.3 Å². The number of carboxylic acid groups (broad SMARTS) is 2. The highest BCUT2D eigenvalue weighted by atomic mass is 16.4. The number of ketones is 1. The standard InChI is InChI=1S/C13H15NO5/c1-8(15)9-2-4-11(5-3-9)14-7-10(13(18)19)6-12(16)17/h2-5,10,14H,6-7H2,1H3,(H,16,17)(H,18,19). The fraction of sp³-hybridized carbons (Fsp3) is 0.308. The van der Waals surface area contributed by atoms with Crippen LogP contribution in [-0.4, -0.2) is 34.5 Å². The minimum atomic E-state index is -1.16. The first-order valence-corrected chi connectivity index (χ1v) is 5.69. The minimum Gasteiger partial charge on any atom is -0.481 e. The van der Waals surface area contributed by atoms with Gasteiger partial charge in [0.2, 0.25) is 0 Å². The molecule has 0 aromatic heterocycles. The topological polar surface area (TPSA) is 104 Å². The number of anilines is 1. The summed E-state index contributed by atoms with van der Waals surface area (Å²) in [7, 11) is 0. The van der Waals surface area contributed by atoms with Crippen molar-refractivity contribution in [2.45, 2.75) is 13.3 Å². The normalized spacial score (nSPS) is 11.6. The van der Waals surface area contributed by atoms with Gasteiger partial charge < -0.3 is 15.5 Å². The molecule has 0 saturated carbocycles. The highest BCUT2D eigenvalue weighted by Gasteiger charge is 2.20. The highest BCUT2D eigenvalue weighted by Crippen LogP contribution is 2.12. The van der Waals surface area contributed by atoms with Crippen LogP contribution < -0.4 is 5.32 Å². The second-order valence-electron chi connectivity index (χ2n) is 4.15. The van der Waals surface area contributed by atoms with E-state index in [1.807, 2.05) is 0 Å². The van der Waals surface area contributed by atoms with Crippen LogP contribution in [0.5, 0.6) is 0 Å². The number of hydrogen-bond donors (Lipinski definition) is 3. The van der Waals surface area contributed by atoms with Crippen LogP contribution in [0.3, 0.4) is 0 Å². The van der Waals surface area contributed by atoms with Crippen molar-refractivity contribution in [2.24, 2.45) is 5.92 Å². The van der Waals surface area contributed by atoms with E-state index in [-0.39, 0.29) is 12.3 Å². The van der Waals surface area contributed by atoms with Gasteiger partial charge in [0.05, 0.1) is 12.3 Å². The number of Topliss-reactive ketones (excluding diaryl/α,β-unsaturated/α-hetero) is 1. The average Bonchev–Trinajstić information content (AvgIpc) is 2.34. The van der Waals surface area contributed by atoms with Crippen LogP contribution >= 0.6 is 0 Å². The molecule has 1 aromatic rings. The van der Waals surface area contributed by atoms with E-state index in [2.05, 4.69) is 5.32 Å². The van der Waals surface area contributed by atoms with Crippen molar-refractivity contribution in [1.29, 1.82) is 0 Å². The van der Waals surface area contributed by atoms with E-state index in [0.717, 1.165) is 0 Å². The second kappa shape index (κ2) is 6.53.